The van der Waals surface area contributed by atoms with E-state index in [1.54, 1.807) is 24.3 Å². The molecule has 2 fully saturated rings. The smallest absolute Gasteiger partial charge is 0.161 e. The van der Waals surface area contributed by atoms with E-state index in [0.29, 0.717) is 57.0 Å². The normalized spacial score (nSPS) is 24.6. The number of aliphatic hydroxyl groups is 2. The summed E-state index contributed by atoms with van der Waals surface area (Å²) in [5.74, 6) is 9.61. The number of nitrogens with zero attached hydrogens (tertiary/aromatic N) is 1. The molecule has 424 valence electrons. The quantitative estimate of drug-likeness (QED) is 0.0354. The SMILES string of the molecule is OCCCOCNC1C=C2C#C[C@H](CCc3ccc(O)c(Cc4cccc(O)c4)c3)CCC[C@H]3C[C@H](O)CCc4ccc(O)c(c4)OCc4cc([C@@]56CCOC7(CCCCC7)[C@H]5CCc5ccccc56)cc5cn(cc45)C(=C2CO3)N1. The van der Waals surface area contributed by atoms with E-state index in [4.69, 9.17) is 18.9 Å². The third-order valence-corrected chi connectivity index (χ3v) is 18.6. The number of aliphatic hydroxyl groups excluding tert-OH is 2. The molecule has 6 aliphatic rings. The van der Waals surface area contributed by atoms with Crippen molar-refractivity contribution in [2.75, 3.05) is 33.2 Å². The predicted molar refractivity (Wildman–Crippen MR) is 315 cm³/mol. The van der Waals surface area contributed by atoms with Crippen LogP contribution < -0.4 is 15.4 Å². The van der Waals surface area contributed by atoms with E-state index in [1.165, 1.54) is 36.0 Å². The van der Waals surface area contributed by atoms with E-state index >= 15 is 0 Å². The van der Waals surface area contributed by atoms with Crippen molar-refractivity contribution in [1.29, 1.82) is 0 Å². The highest BCUT2D eigenvalue weighted by Gasteiger charge is 2.58. The number of aromatic hydroxyl groups is 3. The molecule has 1 aromatic heterocycles. The number of nitrogens with one attached hydrogen (secondary N) is 2. The number of dihydropyridines is 1. The molecule has 5 heterocycles. The number of fused-ring (bicyclic) bond motifs is 10. The minimum Gasteiger partial charge on any atom is -0.508 e. The molecule has 81 heavy (non-hydrogen) atoms. The first-order chi connectivity index (χ1) is 39.6. The molecule has 1 spiro atoms. The van der Waals surface area contributed by atoms with Crippen LogP contribution in [0.15, 0.2) is 127 Å². The Labute approximate surface area is 476 Å². The Kier molecular flexibility index (Phi) is 16.6. The number of hydrogen-bond donors (Lipinski definition) is 7. The summed E-state index contributed by atoms with van der Waals surface area (Å²) in [5, 5.41) is 63.3. The molecule has 6 atom stereocenters. The van der Waals surface area contributed by atoms with Gasteiger partial charge >= 0.3 is 0 Å². The zero-order valence-electron chi connectivity index (χ0n) is 46.6. The van der Waals surface area contributed by atoms with Crippen molar-refractivity contribution in [1.82, 2.24) is 15.2 Å². The number of hydrogen-bond acceptors (Lipinski definition) is 11. The van der Waals surface area contributed by atoms with E-state index in [9.17, 15) is 25.5 Å². The number of phenols is 3. The number of aromatic nitrogens is 1. The number of aryl methyl sites for hydroxylation is 3. The Bertz CT molecular complexity index is 3340. The van der Waals surface area contributed by atoms with Crippen LogP contribution in [0.3, 0.4) is 0 Å². The lowest BCUT2D eigenvalue weighted by molar-refractivity contribution is -0.166. The van der Waals surface area contributed by atoms with E-state index < -0.39 is 6.10 Å². The first-order valence-electron chi connectivity index (χ1n) is 30.0. The van der Waals surface area contributed by atoms with Gasteiger partial charge in [0, 0.05) is 71.2 Å². The molecule has 4 aliphatic heterocycles. The Morgan fingerprint density at radius 3 is 2.58 bits per heavy atom. The van der Waals surface area contributed by atoms with Crippen molar-refractivity contribution in [3.63, 3.8) is 0 Å². The van der Waals surface area contributed by atoms with Gasteiger partial charge in [-0.05, 0) is 177 Å². The molecular weight excluding hydrogens is 1010 g/mol. The molecule has 1 saturated carbocycles. The first kappa shape index (κ1) is 55.0. The maximum Gasteiger partial charge on any atom is 0.161 e. The topological polar surface area (TPSA) is 167 Å². The Morgan fingerprint density at radius 2 is 1.69 bits per heavy atom. The molecule has 0 radical (unpaired) electrons. The van der Waals surface area contributed by atoms with Crippen molar-refractivity contribution >= 4 is 16.6 Å². The first-order valence-corrected chi connectivity index (χ1v) is 30.0. The molecule has 6 bridgehead atoms. The fourth-order valence-electron chi connectivity index (χ4n) is 14.5. The van der Waals surface area contributed by atoms with Crippen LogP contribution in [0.2, 0.25) is 0 Å². The van der Waals surface area contributed by atoms with Crippen LogP contribution >= 0.6 is 0 Å². The van der Waals surface area contributed by atoms with Gasteiger partial charge in [-0.3, -0.25) is 5.32 Å². The Balaban J connectivity index is 0.974. The minimum absolute atomic E-state index is 0.0391. The molecule has 0 amide bonds. The third kappa shape index (κ3) is 11.9. The monoisotopic (exact) mass is 1090 g/mol. The predicted octanol–water partition coefficient (Wildman–Crippen LogP) is 11.4. The summed E-state index contributed by atoms with van der Waals surface area (Å²) >= 11 is 0. The van der Waals surface area contributed by atoms with Gasteiger partial charge in [-0.15, -0.1) is 0 Å². The van der Waals surface area contributed by atoms with E-state index in [2.05, 4.69) is 88.0 Å². The average Bonchev–Trinajstić information content (AvgIpc) is 3.04. The minimum atomic E-state index is -0.631. The summed E-state index contributed by atoms with van der Waals surface area (Å²) in [4.78, 5) is 0. The fourth-order valence-corrected chi connectivity index (χ4v) is 14.5. The molecule has 5 aromatic carbocycles. The molecule has 1 saturated heterocycles. The lowest BCUT2D eigenvalue weighted by atomic mass is 9.51. The van der Waals surface area contributed by atoms with E-state index in [-0.39, 0.29) is 73.0 Å². The molecule has 12 nitrogen and oxygen atoms in total. The van der Waals surface area contributed by atoms with Crippen molar-refractivity contribution in [2.24, 2.45) is 11.8 Å². The summed E-state index contributed by atoms with van der Waals surface area (Å²) in [6.45, 7) is 1.90. The van der Waals surface area contributed by atoms with Gasteiger partial charge < -0.3 is 54.4 Å². The molecule has 12 rings (SSSR count). The van der Waals surface area contributed by atoms with Crippen LogP contribution in [0.4, 0.5) is 0 Å². The van der Waals surface area contributed by atoms with Gasteiger partial charge in [0.05, 0.1) is 37.8 Å². The fraction of sp³-hybridized carbons (Fsp3) is 0.449. The second kappa shape index (κ2) is 24.5. The van der Waals surface area contributed by atoms with Crippen molar-refractivity contribution in [3.8, 4) is 34.8 Å². The third-order valence-electron chi connectivity index (χ3n) is 18.6. The van der Waals surface area contributed by atoms with Gasteiger partial charge in [-0.1, -0.05) is 91.8 Å². The van der Waals surface area contributed by atoms with Crippen LogP contribution in [0.1, 0.15) is 134 Å². The second-order valence-electron chi connectivity index (χ2n) is 23.8. The molecular formula is C69H79N3O9. The van der Waals surface area contributed by atoms with Crippen molar-refractivity contribution < 1.29 is 44.5 Å². The highest BCUT2D eigenvalue weighted by atomic mass is 16.5. The lowest BCUT2D eigenvalue weighted by Crippen LogP contribution is -2.59. The van der Waals surface area contributed by atoms with Crippen LogP contribution in [0.25, 0.3) is 16.6 Å². The summed E-state index contributed by atoms with van der Waals surface area (Å²) < 4.78 is 29.1. The highest BCUT2D eigenvalue weighted by Crippen LogP contribution is 2.59. The number of phenolic OH excluding ortho intramolecular Hbond substituents is 3. The molecule has 7 N–H and O–H groups in total. The van der Waals surface area contributed by atoms with Crippen LogP contribution in [0.5, 0.6) is 23.0 Å². The second-order valence-corrected chi connectivity index (χ2v) is 23.8. The zero-order chi connectivity index (χ0) is 55.3. The van der Waals surface area contributed by atoms with Crippen molar-refractivity contribution in [3.05, 3.63) is 171 Å². The van der Waals surface area contributed by atoms with Gasteiger partial charge in [0.2, 0.25) is 0 Å². The molecule has 2 aliphatic carbocycles. The maximum absolute atomic E-state index is 11.8. The maximum atomic E-state index is 11.8. The Morgan fingerprint density at radius 1 is 0.802 bits per heavy atom. The standard InChI is InChI=1S/C69H79N3O9/c73-30-8-31-78-45-70-66-39-51-21-17-46(15-16-47-19-24-62(76)52(33-47)34-49-10-6-12-56(74)35-49)9-7-13-58-40-57(75)23-18-48-20-25-63(77)64(36-48)80-43-54-38-55(37-53-41-72(42-59(53)54)67(71-66)60(51)44-79-58)69-29-32-81-68(27-4-1-5-28-68)65(69)26-22-50-11-2-3-14-61(50)69/h2-3,6,10-12,14,19-20,24-25,33,35-39,41-42,46,57-58,65-66,70-71,73-77H,1,4-5,7-9,13,15-16,18,22-23,26-32,34,40,43-45H2/t46-,57+,58-,65+,66?,69+/m0/s1. The Hall–Kier alpha value is -6.56. The van der Waals surface area contributed by atoms with E-state index in [1.807, 2.05) is 30.3 Å². The van der Waals surface area contributed by atoms with Crippen LogP contribution in [-0.2, 0) is 51.9 Å². The summed E-state index contributed by atoms with van der Waals surface area (Å²) in [6.07, 6.45) is 20.7. The van der Waals surface area contributed by atoms with Crippen LogP contribution in [-0.4, -0.2) is 87.2 Å². The largest absolute Gasteiger partial charge is 0.508 e. The van der Waals surface area contributed by atoms with Gasteiger partial charge in [-0.2, -0.15) is 0 Å². The van der Waals surface area contributed by atoms with Gasteiger partial charge in [-0.25, -0.2) is 0 Å². The summed E-state index contributed by atoms with van der Waals surface area (Å²) in [5.41, 5.74) is 10.3. The van der Waals surface area contributed by atoms with E-state index in [0.717, 1.165) is 120 Å². The zero-order valence-corrected chi connectivity index (χ0v) is 46.6. The van der Waals surface area contributed by atoms with Crippen molar-refractivity contribution in [2.45, 2.75) is 152 Å². The van der Waals surface area contributed by atoms with Gasteiger partial charge in [0.25, 0.3) is 0 Å². The number of rotatable bonds is 12. The number of ether oxygens (including phenoxy) is 4. The highest BCUT2D eigenvalue weighted by molar-refractivity contribution is 5.89. The molecule has 1 unspecified atom stereocenters. The van der Waals surface area contributed by atoms with Gasteiger partial charge in [0.15, 0.2) is 11.5 Å². The lowest BCUT2D eigenvalue weighted by Gasteiger charge is -2.59. The summed E-state index contributed by atoms with van der Waals surface area (Å²) in [6, 6.07) is 32.6. The summed E-state index contributed by atoms with van der Waals surface area (Å²) in [7, 11) is 0. The number of benzene rings is 5. The van der Waals surface area contributed by atoms with Crippen LogP contribution in [0, 0.1) is 23.7 Å². The molecule has 6 aromatic rings. The molecule has 12 heteroatoms. The average molecular weight is 1090 g/mol. The van der Waals surface area contributed by atoms with Gasteiger partial charge in [0.1, 0.15) is 30.1 Å².